The number of rotatable bonds is 8. The minimum atomic E-state index is -1.02. The van der Waals surface area contributed by atoms with Crippen LogP contribution in [-0.4, -0.2) is 35.6 Å². The van der Waals surface area contributed by atoms with Crippen LogP contribution in [0.2, 0.25) is 5.02 Å². The monoisotopic (exact) mass is 505 g/mol. The van der Waals surface area contributed by atoms with Crippen molar-refractivity contribution >= 4 is 52.3 Å². The summed E-state index contributed by atoms with van der Waals surface area (Å²) < 4.78 is 12.2. The molecule has 0 aromatic heterocycles. The Kier molecular flexibility index (Phi) is 11.6. The summed E-state index contributed by atoms with van der Waals surface area (Å²) in [6.07, 6.45) is 0.862. The predicted molar refractivity (Wildman–Crippen MR) is 122 cm³/mol. The molecule has 2 aromatic rings. The van der Waals surface area contributed by atoms with Gasteiger partial charge in [0.1, 0.15) is 0 Å². The fraction of sp³-hybridized carbons (Fsp3) is 0.316. The number of nitrogens with zero attached hydrogens (tertiary/aromatic N) is 1. The zero-order valence-electron chi connectivity index (χ0n) is 14.8. The summed E-state index contributed by atoms with van der Waals surface area (Å²) in [5.41, 5.74) is 1.18. The first-order valence-electron chi connectivity index (χ1n) is 8.39. The maximum Gasteiger partial charge on any atom is 0.191 e. The van der Waals surface area contributed by atoms with E-state index in [1.54, 1.807) is 0 Å². The molecular formula is C19H25ClIN3OS. The molecule has 0 aliphatic heterocycles. The minimum absolute atomic E-state index is 0. The molecule has 0 radical (unpaired) electrons. The van der Waals surface area contributed by atoms with Crippen molar-refractivity contribution in [2.24, 2.45) is 4.99 Å². The summed E-state index contributed by atoms with van der Waals surface area (Å²) in [7, 11) is -1.02. The van der Waals surface area contributed by atoms with E-state index in [0.29, 0.717) is 12.3 Å². The van der Waals surface area contributed by atoms with Crippen LogP contribution in [0.25, 0.3) is 0 Å². The van der Waals surface area contributed by atoms with Crippen molar-refractivity contribution in [1.82, 2.24) is 10.6 Å². The summed E-state index contributed by atoms with van der Waals surface area (Å²) >= 11 is 6.00. The van der Waals surface area contributed by atoms with Crippen molar-refractivity contribution in [2.75, 3.05) is 25.4 Å². The highest BCUT2D eigenvalue weighted by Gasteiger charge is 2.03. The maximum absolute atomic E-state index is 12.2. The molecule has 0 bridgehead atoms. The third-order valence-electron chi connectivity index (χ3n) is 3.49. The molecule has 1 atom stereocenters. The Balaban J connectivity index is 0.00000338. The van der Waals surface area contributed by atoms with Crippen molar-refractivity contribution in [3.05, 3.63) is 65.2 Å². The minimum Gasteiger partial charge on any atom is -0.357 e. The highest BCUT2D eigenvalue weighted by Crippen LogP contribution is 2.10. The molecule has 2 rings (SSSR count). The second kappa shape index (κ2) is 13.1. The molecule has 2 aromatic carbocycles. The normalized spacial score (nSPS) is 12.2. The van der Waals surface area contributed by atoms with Crippen LogP contribution in [-0.2, 0) is 17.2 Å². The lowest BCUT2D eigenvalue weighted by molar-refractivity contribution is 0.682. The van der Waals surface area contributed by atoms with Crippen LogP contribution in [0.1, 0.15) is 12.5 Å². The quantitative estimate of drug-likeness (QED) is 0.325. The van der Waals surface area contributed by atoms with Gasteiger partial charge in [0.05, 0.1) is 17.3 Å². The molecule has 1 unspecified atom stereocenters. The molecule has 0 fully saturated rings. The first-order chi connectivity index (χ1) is 12.2. The van der Waals surface area contributed by atoms with Crippen molar-refractivity contribution in [3.8, 4) is 0 Å². The number of halogens is 2. The van der Waals surface area contributed by atoms with Gasteiger partial charge in [0, 0.05) is 28.8 Å². The zero-order valence-corrected chi connectivity index (χ0v) is 18.7. The summed E-state index contributed by atoms with van der Waals surface area (Å²) in [5, 5.41) is 7.26. The van der Waals surface area contributed by atoms with Crippen molar-refractivity contribution in [1.29, 1.82) is 0 Å². The SMILES string of the molecule is CCNC(=NCCS(=O)c1ccccc1)NCCc1cccc(Cl)c1.I. The summed E-state index contributed by atoms with van der Waals surface area (Å²) in [6.45, 7) is 4.07. The Bertz CT molecular complexity index is 713. The summed E-state index contributed by atoms with van der Waals surface area (Å²) in [6, 6.07) is 17.3. The van der Waals surface area contributed by atoms with Crippen LogP contribution >= 0.6 is 35.6 Å². The molecule has 2 N–H and O–H groups in total. The van der Waals surface area contributed by atoms with Gasteiger partial charge in [0.25, 0.3) is 0 Å². The van der Waals surface area contributed by atoms with E-state index in [-0.39, 0.29) is 24.0 Å². The third kappa shape index (κ3) is 8.51. The second-order valence-corrected chi connectivity index (χ2v) is 7.44. The van der Waals surface area contributed by atoms with E-state index >= 15 is 0 Å². The van der Waals surface area contributed by atoms with Crippen molar-refractivity contribution < 1.29 is 4.21 Å². The van der Waals surface area contributed by atoms with Gasteiger partial charge < -0.3 is 10.6 Å². The molecule has 142 valence electrons. The average molecular weight is 506 g/mol. The zero-order chi connectivity index (χ0) is 17.9. The number of guanidine groups is 1. The number of aliphatic imine (C=N–C) groups is 1. The molecule has 0 amide bonds. The van der Waals surface area contributed by atoms with Gasteiger partial charge in [-0.1, -0.05) is 41.9 Å². The van der Waals surface area contributed by atoms with E-state index in [2.05, 4.69) is 21.7 Å². The highest BCUT2D eigenvalue weighted by molar-refractivity contribution is 14.0. The molecule has 7 heteroatoms. The fourth-order valence-electron chi connectivity index (χ4n) is 2.29. The Labute approximate surface area is 180 Å². The van der Waals surface area contributed by atoms with Crippen LogP contribution in [0.4, 0.5) is 0 Å². The lowest BCUT2D eigenvalue weighted by Crippen LogP contribution is -2.38. The number of benzene rings is 2. The Morgan fingerprint density at radius 2 is 1.88 bits per heavy atom. The Hall–Kier alpha value is -1.12. The van der Waals surface area contributed by atoms with Crippen LogP contribution in [0, 0.1) is 0 Å². The molecule has 0 aliphatic rings. The van der Waals surface area contributed by atoms with Crippen LogP contribution in [0.5, 0.6) is 0 Å². The average Bonchev–Trinajstić information content (AvgIpc) is 2.62. The smallest absolute Gasteiger partial charge is 0.191 e. The van der Waals surface area contributed by atoms with E-state index in [0.717, 1.165) is 35.4 Å². The van der Waals surface area contributed by atoms with Crippen molar-refractivity contribution in [3.63, 3.8) is 0 Å². The standard InChI is InChI=1S/C19H24ClN3OS.HI/c1-2-21-19(22-12-11-16-7-6-8-17(20)15-16)23-13-14-25(24)18-9-4-3-5-10-18;/h3-10,15H,2,11-14H2,1H3,(H2,21,22,23);1H. The summed E-state index contributed by atoms with van der Waals surface area (Å²) in [4.78, 5) is 5.35. The van der Waals surface area contributed by atoms with Crippen molar-refractivity contribution in [2.45, 2.75) is 18.2 Å². The van der Waals surface area contributed by atoms with Gasteiger partial charge in [-0.3, -0.25) is 9.20 Å². The number of hydrogen-bond acceptors (Lipinski definition) is 2. The van der Waals surface area contributed by atoms with Gasteiger partial charge in [-0.25, -0.2) is 0 Å². The fourth-order valence-corrected chi connectivity index (χ4v) is 3.46. The van der Waals surface area contributed by atoms with E-state index in [4.69, 9.17) is 11.6 Å². The summed E-state index contributed by atoms with van der Waals surface area (Å²) in [5.74, 6) is 1.25. The second-order valence-electron chi connectivity index (χ2n) is 5.43. The van der Waals surface area contributed by atoms with E-state index in [1.807, 2.05) is 55.5 Å². The van der Waals surface area contributed by atoms with Gasteiger partial charge >= 0.3 is 0 Å². The molecule has 0 spiro atoms. The highest BCUT2D eigenvalue weighted by atomic mass is 127. The lowest BCUT2D eigenvalue weighted by Gasteiger charge is -2.11. The first-order valence-corrected chi connectivity index (χ1v) is 10.1. The number of hydrogen-bond donors (Lipinski definition) is 2. The maximum atomic E-state index is 12.2. The predicted octanol–water partition coefficient (Wildman–Crippen LogP) is 3.86. The molecule has 4 nitrogen and oxygen atoms in total. The molecule has 0 heterocycles. The van der Waals surface area contributed by atoms with Crippen LogP contribution < -0.4 is 10.6 Å². The van der Waals surface area contributed by atoms with Crippen LogP contribution in [0.3, 0.4) is 0 Å². The molecule has 0 aliphatic carbocycles. The number of nitrogens with one attached hydrogen (secondary N) is 2. The molecular weight excluding hydrogens is 481 g/mol. The molecule has 26 heavy (non-hydrogen) atoms. The Morgan fingerprint density at radius 1 is 1.12 bits per heavy atom. The van der Waals surface area contributed by atoms with E-state index < -0.39 is 10.8 Å². The Morgan fingerprint density at radius 3 is 2.58 bits per heavy atom. The van der Waals surface area contributed by atoms with Crippen LogP contribution in [0.15, 0.2) is 64.5 Å². The third-order valence-corrected chi connectivity index (χ3v) is 5.08. The van der Waals surface area contributed by atoms with Gasteiger partial charge in [0.15, 0.2) is 5.96 Å². The topological polar surface area (TPSA) is 53.5 Å². The van der Waals surface area contributed by atoms with Gasteiger partial charge in [0.2, 0.25) is 0 Å². The lowest BCUT2D eigenvalue weighted by atomic mass is 10.1. The molecule has 0 saturated heterocycles. The van der Waals surface area contributed by atoms with E-state index in [1.165, 1.54) is 5.56 Å². The molecule has 0 saturated carbocycles. The van der Waals surface area contributed by atoms with Gasteiger partial charge in [-0.05, 0) is 43.2 Å². The van der Waals surface area contributed by atoms with Gasteiger partial charge in [-0.15, -0.1) is 24.0 Å². The first kappa shape index (κ1) is 22.9. The van der Waals surface area contributed by atoms with Gasteiger partial charge in [-0.2, -0.15) is 0 Å². The largest absolute Gasteiger partial charge is 0.357 e. The van der Waals surface area contributed by atoms with E-state index in [9.17, 15) is 4.21 Å².